The topological polar surface area (TPSA) is 58.6 Å². The van der Waals surface area contributed by atoms with E-state index in [0.717, 1.165) is 12.1 Å². The average Bonchev–Trinajstić information content (AvgIpc) is 2.64. The second kappa shape index (κ2) is 8.10. The van der Waals surface area contributed by atoms with Crippen LogP contribution in [-0.2, 0) is 27.8 Å². The lowest BCUT2D eigenvalue weighted by Gasteiger charge is -2.26. The van der Waals surface area contributed by atoms with Crippen LogP contribution in [0.25, 0.3) is 0 Å². The lowest BCUT2D eigenvalue weighted by molar-refractivity contribution is 0.0730. The predicted molar refractivity (Wildman–Crippen MR) is 97.7 cm³/mol. The molecule has 1 aliphatic rings. The van der Waals surface area contributed by atoms with Crippen molar-refractivity contribution in [3.8, 4) is 0 Å². The molecule has 0 aliphatic carbocycles. The van der Waals surface area contributed by atoms with Crippen LogP contribution < -0.4 is 5.32 Å². The first-order chi connectivity index (χ1) is 12.1. The highest BCUT2D eigenvalue weighted by atomic mass is 32.2. The Morgan fingerprint density at radius 1 is 0.920 bits per heavy atom. The Morgan fingerprint density at radius 2 is 1.44 bits per heavy atom. The van der Waals surface area contributed by atoms with E-state index in [-0.39, 0.29) is 0 Å². The van der Waals surface area contributed by atoms with Crippen LogP contribution >= 0.6 is 0 Å². The summed E-state index contributed by atoms with van der Waals surface area (Å²) in [5.41, 5.74) is 3.55. The molecule has 1 fully saturated rings. The van der Waals surface area contributed by atoms with Gasteiger partial charge in [-0.05, 0) is 30.2 Å². The van der Waals surface area contributed by atoms with Crippen LogP contribution in [0.4, 0.5) is 0 Å². The Balaban J connectivity index is 1.57. The Morgan fingerprint density at radius 3 is 2.00 bits per heavy atom. The van der Waals surface area contributed by atoms with E-state index in [0.29, 0.717) is 37.7 Å². The van der Waals surface area contributed by atoms with Gasteiger partial charge in [0.2, 0.25) is 10.0 Å². The number of nitrogens with one attached hydrogen (secondary N) is 1. The maximum absolute atomic E-state index is 12.6. The van der Waals surface area contributed by atoms with Gasteiger partial charge in [-0.25, -0.2) is 8.42 Å². The zero-order chi connectivity index (χ0) is 17.7. The van der Waals surface area contributed by atoms with Gasteiger partial charge in [0.05, 0.1) is 18.1 Å². The highest BCUT2D eigenvalue weighted by Gasteiger charge is 2.25. The van der Waals surface area contributed by atoms with Crippen molar-refractivity contribution >= 4 is 10.0 Å². The monoisotopic (exact) mass is 360 g/mol. The van der Waals surface area contributed by atoms with Gasteiger partial charge in [-0.15, -0.1) is 0 Å². The average molecular weight is 360 g/mol. The lowest BCUT2D eigenvalue weighted by atomic mass is 10.1. The third-order valence-corrected chi connectivity index (χ3v) is 6.22. The first kappa shape index (κ1) is 18.1. The van der Waals surface area contributed by atoms with E-state index in [2.05, 4.69) is 36.5 Å². The van der Waals surface area contributed by atoms with E-state index >= 15 is 0 Å². The predicted octanol–water partition coefficient (Wildman–Crippen LogP) is 2.31. The van der Waals surface area contributed by atoms with Crippen molar-refractivity contribution in [2.45, 2.75) is 24.9 Å². The molecule has 2 aromatic carbocycles. The Kier molecular flexibility index (Phi) is 5.86. The van der Waals surface area contributed by atoms with Crippen molar-refractivity contribution in [2.75, 3.05) is 26.3 Å². The molecule has 0 radical (unpaired) electrons. The number of hydrogen-bond donors (Lipinski definition) is 1. The third kappa shape index (κ3) is 4.67. The molecule has 0 bridgehead atoms. The summed E-state index contributed by atoms with van der Waals surface area (Å²) in [6.07, 6.45) is 0. The Bertz CT molecular complexity index is 780. The Labute approximate surface area is 149 Å². The second-order valence-electron chi connectivity index (χ2n) is 6.25. The summed E-state index contributed by atoms with van der Waals surface area (Å²) >= 11 is 0. The fraction of sp³-hybridized carbons (Fsp3) is 0.368. The van der Waals surface area contributed by atoms with E-state index in [9.17, 15) is 8.42 Å². The minimum Gasteiger partial charge on any atom is -0.379 e. The smallest absolute Gasteiger partial charge is 0.243 e. The lowest BCUT2D eigenvalue weighted by Crippen LogP contribution is -2.40. The van der Waals surface area contributed by atoms with Gasteiger partial charge in [-0.3, -0.25) is 0 Å². The molecule has 25 heavy (non-hydrogen) atoms. The summed E-state index contributed by atoms with van der Waals surface area (Å²) in [6, 6.07) is 15.5. The molecule has 0 aromatic heterocycles. The molecule has 0 spiro atoms. The van der Waals surface area contributed by atoms with E-state index < -0.39 is 10.0 Å². The van der Waals surface area contributed by atoms with E-state index in [1.165, 1.54) is 15.4 Å². The van der Waals surface area contributed by atoms with Crippen LogP contribution in [0.15, 0.2) is 53.4 Å². The van der Waals surface area contributed by atoms with Crippen LogP contribution in [0, 0.1) is 6.92 Å². The summed E-state index contributed by atoms with van der Waals surface area (Å²) in [7, 11) is -3.41. The number of aryl methyl sites for hydroxylation is 1. The van der Waals surface area contributed by atoms with Crippen molar-refractivity contribution in [3.63, 3.8) is 0 Å². The molecule has 0 saturated carbocycles. The largest absolute Gasteiger partial charge is 0.379 e. The molecule has 1 saturated heterocycles. The minimum atomic E-state index is -3.41. The normalized spacial score (nSPS) is 16.0. The summed E-state index contributed by atoms with van der Waals surface area (Å²) in [5.74, 6) is 0. The number of benzene rings is 2. The molecular weight excluding hydrogens is 336 g/mol. The number of hydrogen-bond acceptors (Lipinski definition) is 4. The molecule has 0 atom stereocenters. The number of ether oxygens (including phenoxy) is 1. The summed E-state index contributed by atoms with van der Waals surface area (Å²) in [6.45, 7) is 5.31. The fourth-order valence-electron chi connectivity index (χ4n) is 2.77. The van der Waals surface area contributed by atoms with Gasteiger partial charge < -0.3 is 10.1 Å². The van der Waals surface area contributed by atoms with E-state index in [1.54, 1.807) is 12.1 Å². The van der Waals surface area contributed by atoms with Gasteiger partial charge >= 0.3 is 0 Å². The summed E-state index contributed by atoms with van der Waals surface area (Å²) in [5, 5.41) is 3.38. The van der Waals surface area contributed by atoms with Crippen molar-refractivity contribution in [2.24, 2.45) is 0 Å². The van der Waals surface area contributed by atoms with Crippen molar-refractivity contribution in [1.82, 2.24) is 9.62 Å². The molecule has 134 valence electrons. The molecule has 5 nitrogen and oxygen atoms in total. The highest BCUT2D eigenvalue weighted by molar-refractivity contribution is 7.89. The van der Waals surface area contributed by atoms with Gasteiger partial charge in [0, 0.05) is 26.2 Å². The molecule has 1 heterocycles. The first-order valence-electron chi connectivity index (χ1n) is 8.49. The van der Waals surface area contributed by atoms with Crippen molar-refractivity contribution < 1.29 is 13.2 Å². The molecule has 1 N–H and O–H groups in total. The molecule has 6 heteroatoms. The number of nitrogens with zero attached hydrogens (tertiary/aromatic N) is 1. The maximum Gasteiger partial charge on any atom is 0.243 e. The third-order valence-electron chi connectivity index (χ3n) is 4.31. The second-order valence-corrected chi connectivity index (χ2v) is 8.19. The number of sulfonamides is 1. The number of rotatable bonds is 6. The van der Waals surface area contributed by atoms with Crippen molar-refractivity contribution in [1.29, 1.82) is 0 Å². The quantitative estimate of drug-likeness (QED) is 0.859. The standard InChI is InChI=1S/C19H24N2O3S/c1-16-2-4-17(5-3-16)14-20-15-18-6-8-19(9-7-18)25(22,23)21-10-12-24-13-11-21/h2-9,20H,10-15H2,1H3. The molecule has 0 amide bonds. The van der Waals surface area contributed by atoms with Gasteiger partial charge in [0.1, 0.15) is 0 Å². The van der Waals surface area contributed by atoms with Gasteiger partial charge in [0.15, 0.2) is 0 Å². The van der Waals surface area contributed by atoms with E-state index in [1.807, 2.05) is 12.1 Å². The number of morpholine rings is 1. The van der Waals surface area contributed by atoms with Gasteiger partial charge in [-0.2, -0.15) is 4.31 Å². The maximum atomic E-state index is 12.6. The fourth-order valence-corrected chi connectivity index (χ4v) is 4.18. The molecule has 1 aliphatic heterocycles. The van der Waals surface area contributed by atoms with Crippen LogP contribution in [0.2, 0.25) is 0 Å². The molecule has 2 aromatic rings. The SMILES string of the molecule is Cc1ccc(CNCc2ccc(S(=O)(=O)N3CCOCC3)cc2)cc1. The Hall–Kier alpha value is -1.73. The van der Waals surface area contributed by atoms with Gasteiger partial charge in [-0.1, -0.05) is 42.0 Å². The zero-order valence-corrected chi connectivity index (χ0v) is 15.3. The van der Waals surface area contributed by atoms with Crippen LogP contribution in [0.5, 0.6) is 0 Å². The van der Waals surface area contributed by atoms with Crippen LogP contribution in [0.1, 0.15) is 16.7 Å². The molecule has 3 rings (SSSR count). The van der Waals surface area contributed by atoms with E-state index in [4.69, 9.17) is 4.74 Å². The summed E-state index contributed by atoms with van der Waals surface area (Å²) < 4.78 is 31.9. The van der Waals surface area contributed by atoms with Crippen LogP contribution in [-0.4, -0.2) is 39.0 Å². The molecular formula is C19H24N2O3S. The first-order valence-corrected chi connectivity index (χ1v) is 9.93. The molecule has 0 unspecified atom stereocenters. The minimum absolute atomic E-state index is 0.344. The van der Waals surface area contributed by atoms with Gasteiger partial charge in [0.25, 0.3) is 0 Å². The van der Waals surface area contributed by atoms with Crippen molar-refractivity contribution in [3.05, 3.63) is 65.2 Å². The zero-order valence-electron chi connectivity index (χ0n) is 14.4. The highest BCUT2D eigenvalue weighted by Crippen LogP contribution is 2.17. The van der Waals surface area contributed by atoms with Crippen LogP contribution in [0.3, 0.4) is 0 Å². The summed E-state index contributed by atoms with van der Waals surface area (Å²) in [4.78, 5) is 0.344.